The number of rotatable bonds is 7. The van der Waals surface area contributed by atoms with Crippen molar-refractivity contribution in [2.75, 3.05) is 46.2 Å². The molecule has 0 radical (unpaired) electrons. The van der Waals surface area contributed by atoms with E-state index in [-0.39, 0.29) is 41.9 Å². The fraction of sp³-hybridized carbons (Fsp3) is 0.355. The van der Waals surface area contributed by atoms with Crippen molar-refractivity contribution in [3.63, 3.8) is 0 Å². The molecule has 3 aromatic carbocycles. The smallest absolute Gasteiger partial charge is 0.321 e. The number of fused-ring (bicyclic) bond motifs is 1. The highest BCUT2D eigenvalue weighted by atomic mass is 32.2. The maximum absolute atomic E-state index is 14.1. The minimum atomic E-state index is -4.06. The number of urea groups is 1. The lowest BCUT2D eigenvalue weighted by atomic mass is 10.0. The van der Waals surface area contributed by atoms with Gasteiger partial charge in [-0.3, -0.25) is 4.79 Å². The molecule has 10 nitrogen and oxygen atoms in total. The summed E-state index contributed by atoms with van der Waals surface area (Å²) in [5.74, 6) is -1.02. The van der Waals surface area contributed by atoms with Gasteiger partial charge in [0.2, 0.25) is 10.0 Å². The fourth-order valence-electron chi connectivity index (χ4n) is 4.81. The number of ether oxygens (including phenoxy) is 1. The molecule has 230 valence electrons. The van der Waals surface area contributed by atoms with Gasteiger partial charge in [0.15, 0.2) is 0 Å². The number of anilines is 1. The summed E-state index contributed by atoms with van der Waals surface area (Å²) in [6, 6.07) is 16.3. The van der Waals surface area contributed by atoms with Gasteiger partial charge in [-0.05, 0) is 54.4 Å². The molecule has 3 aromatic rings. The van der Waals surface area contributed by atoms with Crippen LogP contribution in [0.2, 0.25) is 0 Å². The molecule has 2 N–H and O–H groups in total. The number of nitrogens with one attached hydrogen (secondary N) is 1. The van der Waals surface area contributed by atoms with Crippen LogP contribution >= 0.6 is 0 Å². The third kappa shape index (κ3) is 6.98. The van der Waals surface area contributed by atoms with Crippen molar-refractivity contribution in [1.29, 1.82) is 0 Å². The third-order valence-electron chi connectivity index (χ3n) is 7.45. The zero-order chi connectivity index (χ0) is 31.5. The number of carbonyl (C=O) groups excluding carboxylic acids is 2. The van der Waals surface area contributed by atoms with Crippen molar-refractivity contribution in [3.8, 4) is 16.9 Å². The van der Waals surface area contributed by atoms with E-state index in [2.05, 4.69) is 5.32 Å². The number of hydrogen-bond donors (Lipinski definition) is 2. The van der Waals surface area contributed by atoms with Crippen LogP contribution in [0.1, 0.15) is 24.2 Å². The molecular formula is C31H37FN4O6S. The Balaban J connectivity index is 1.69. The molecule has 0 bridgehead atoms. The summed E-state index contributed by atoms with van der Waals surface area (Å²) in [6.07, 6.45) is -0.658. The number of carbonyl (C=O) groups is 2. The Morgan fingerprint density at radius 3 is 2.35 bits per heavy atom. The standard InChI is InChI=1S/C31H37FN4O6S/c1-20-17-36(21(2)19-37)43(40,41)29-15-14-24(22-10-12-23(13-11-22)30(38)34(3)4)16-27(29)42-28(20)18-35(5)31(39)33-26-9-7-6-8-25(26)32/h6-16,20-21,28,37H,17-19H2,1-5H3,(H,33,39)/t20-,21+,28+/m1/s1. The second-order valence-electron chi connectivity index (χ2n) is 11.0. The van der Waals surface area contributed by atoms with E-state index in [4.69, 9.17) is 4.74 Å². The van der Waals surface area contributed by atoms with Gasteiger partial charge in [-0.25, -0.2) is 17.6 Å². The Morgan fingerprint density at radius 2 is 1.72 bits per heavy atom. The molecule has 0 saturated heterocycles. The summed E-state index contributed by atoms with van der Waals surface area (Å²) >= 11 is 0. The molecule has 1 heterocycles. The quantitative estimate of drug-likeness (QED) is 0.414. The summed E-state index contributed by atoms with van der Waals surface area (Å²) in [7, 11) is 0.820. The van der Waals surface area contributed by atoms with E-state index in [9.17, 15) is 27.5 Å². The number of nitrogens with zero attached hydrogens (tertiary/aromatic N) is 3. The molecule has 0 fully saturated rings. The molecule has 1 aliphatic heterocycles. The van der Waals surface area contributed by atoms with Crippen molar-refractivity contribution in [1.82, 2.24) is 14.1 Å². The van der Waals surface area contributed by atoms with E-state index in [1.807, 2.05) is 6.92 Å². The molecule has 43 heavy (non-hydrogen) atoms. The van der Waals surface area contributed by atoms with Gasteiger partial charge in [-0.2, -0.15) is 4.31 Å². The number of hydrogen-bond acceptors (Lipinski definition) is 6. The Hall–Kier alpha value is -4.00. The largest absolute Gasteiger partial charge is 0.487 e. The maximum atomic E-state index is 14.1. The predicted molar refractivity (Wildman–Crippen MR) is 162 cm³/mol. The molecule has 0 aliphatic carbocycles. The molecule has 3 amide bonds. The molecule has 12 heteroatoms. The summed E-state index contributed by atoms with van der Waals surface area (Å²) in [5.41, 5.74) is 1.95. The Bertz CT molecular complexity index is 1580. The molecule has 0 saturated carbocycles. The van der Waals surface area contributed by atoms with Crippen LogP contribution in [0.25, 0.3) is 11.1 Å². The van der Waals surface area contributed by atoms with Crippen LogP contribution in [0.5, 0.6) is 5.75 Å². The first-order valence-corrected chi connectivity index (χ1v) is 15.3. The van der Waals surface area contributed by atoms with E-state index in [1.54, 1.807) is 70.5 Å². The van der Waals surface area contributed by atoms with Crippen LogP contribution in [0.15, 0.2) is 71.6 Å². The van der Waals surface area contributed by atoms with E-state index in [0.29, 0.717) is 11.1 Å². The van der Waals surface area contributed by atoms with Crippen molar-refractivity contribution in [2.45, 2.75) is 30.9 Å². The number of halogens is 1. The first-order valence-electron chi connectivity index (χ1n) is 13.9. The average Bonchev–Trinajstić information content (AvgIpc) is 2.99. The van der Waals surface area contributed by atoms with E-state index < -0.39 is 39.9 Å². The minimum Gasteiger partial charge on any atom is -0.487 e. The second kappa shape index (κ2) is 13.1. The zero-order valence-corrected chi connectivity index (χ0v) is 25.6. The van der Waals surface area contributed by atoms with Gasteiger partial charge < -0.3 is 25.0 Å². The Kier molecular flexibility index (Phi) is 9.73. The fourth-order valence-corrected chi connectivity index (χ4v) is 6.64. The summed E-state index contributed by atoms with van der Waals surface area (Å²) in [4.78, 5) is 28.0. The maximum Gasteiger partial charge on any atom is 0.321 e. The van der Waals surface area contributed by atoms with Crippen LogP contribution < -0.4 is 10.1 Å². The highest BCUT2D eigenvalue weighted by Gasteiger charge is 2.38. The minimum absolute atomic E-state index is 0.0355. The molecule has 0 aromatic heterocycles. The van der Waals surface area contributed by atoms with E-state index in [1.165, 1.54) is 38.4 Å². The molecule has 4 rings (SSSR count). The lowest BCUT2D eigenvalue weighted by Gasteiger charge is -2.37. The average molecular weight is 613 g/mol. The second-order valence-corrected chi connectivity index (χ2v) is 12.8. The topological polar surface area (TPSA) is 119 Å². The summed E-state index contributed by atoms with van der Waals surface area (Å²) in [6.45, 7) is 3.16. The van der Waals surface area contributed by atoms with Gasteiger partial charge in [-0.1, -0.05) is 37.3 Å². The number of para-hydroxylation sites is 1. The molecule has 0 unspecified atom stereocenters. The van der Waals surface area contributed by atoms with Crippen LogP contribution in [-0.4, -0.2) is 92.6 Å². The predicted octanol–water partition coefficient (Wildman–Crippen LogP) is 4.13. The number of aliphatic hydroxyl groups excluding tert-OH is 1. The van der Waals surface area contributed by atoms with Gasteiger partial charge in [0.25, 0.3) is 5.91 Å². The van der Waals surface area contributed by atoms with Crippen LogP contribution in [0.3, 0.4) is 0 Å². The first kappa shape index (κ1) is 31.9. The number of amides is 3. The van der Waals surface area contributed by atoms with Gasteiger partial charge in [0.1, 0.15) is 22.6 Å². The SMILES string of the molecule is C[C@@H]1CN([C@@H](C)CO)S(=O)(=O)c2ccc(-c3ccc(C(=O)N(C)C)cc3)cc2O[C@H]1CN(C)C(=O)Nc1ccccc1F. The van der Waals surface area contributed by atoms with Crippen molar-refractivity contribution < 1.29 is 32.2 Å². The number of aliphatic hydroxyl groups is 1. The van der Waals surface area contributed by atoms with Crippen molar-refractivity contribution >= 4 is 27.6 Å². The van der Waals surface area contributed by atoms with Gasteiger partial charge >= 0.3 is 6.03 Å². The van der Waals surface area contributed by atoms with Gasteiger partial charge in [-0.15, -0.1) is 0 Å². The highest BCUT2D eigenvalue weighted by Crippen LogP contribution is 2.36. The van der Waals surface area contributed by atoms with Crippen LogP contribution in [0.4, 0.5) is 14.9 Å². The van der Waals surface area contributed by atoms with Crippen LogP contribution in [-0.2, 0) is 10.0 Å². The van der Waals surface area contributed by atoms with Crippen LogP contribution in [0, 0.1) is 11.7 Å². The van der Waals surface area contributed by atoms with Gasteiger partial charge in [0.05, 0.1) is 18.8 Å². The van der Waals surface area contributed by atoms with Gasteiger partial charge in [0, 0.05) is 45.2 Å². The zero-order valence-electron chi connectivity index (χ0n) is 24.8. The first-order chi connectivity index (χ1) is 20.3. The Labute approximate surface area is 251 Å². The molecule has 3 atom stereocenters. The lowest BCUT2D eigenvalue weighted by molar-refractivity contribution is 0.0827. The third-order valence-corrected chi connectivity index (χ3v) is 9.47. The van der Waals surface area contributed by atoms with Crippen molar-refractivity contribution in [3.05, 3.63) is 78.1 Å². The summed E-state index contributed by atoms with van der Waals surface area (Å²) in [5, 5.41) is 12.4. The monoisotopic (exact) mass is 612 g/mol. The van der Waals surface area contributed by atoms with Crippen molar-refractivity contribution in [2.24, 2.45) is 5.92 Å². The normalized spacial score (nSPS) is 18.8. The number of sulfonamides is 1. The Morgan fingerprint density at radius 1 is 1.07 bits per heavy atom. The molecular weight excluding hydrogens is 575 g/mol. The van der Waals surface area contributed by atoms with E-state index >= 15 is 0 Å². The molecule has 0 spiro atoms. The number of benzene rings is 3. The van der Waals surface area contributed by atoms with E-state index in [0.717, 1.165) is 5.56 Å². The lowest BCUT2D eigenvalue weighted by Crippen LogP contribution is -2.50. The number of likely N-dealkylation sites (N-methyl/N-ethyl adjacent to an activating group) is 1. The highest BCUT2D eigenvalue weighted by molar-refractivity contribution is 7.89. The summed E-state index contributed by atoms with van der Waals surface area (Å²) < 4.78 is 49.4. The molecule has 1 aliphatic rings.